The third kappa shape index (κ3) is 2.98. The third-order valence-electron chi connectivity index (χ3n) is 1.64. The zero-order valence-corrected chi connectivity index (χ0v) is 6.70. The predicted molar refractivity (Wildman–Crippen MR) is 44.9 cm³/mol. The minimum absolute atomic E-state index is 0.243. The molecule has 0 spiro atoms. The molecule has 66 valence electrons. The van der Waals surface area contributed by atoms with Gasteiger partial charge in [-0.1, -0.05) is 12.1 Å². The second kappa shape index (κ2) is 4.18. The summed E-state index contributed by atoms with van der Waals surface area (Å²) in [5.41, 5.74) is 6.14. The molecule has 0 saturated carbocycles. The van der Waals surface area contributed by atoms with E-state index in [0.29, 0.717) is 12.8 Å². The molecule has 3 N–H and O–H groups in total. The molecule has 0 radical (unpaired) electrons. The van der Waals surface area contributed by atoms with Crippen molar-refractivity contribution in [1.82, 2.24) is 0 Å². The van der Waals surface area contributed by atoms with Crippen molar-refractivity contribution in [2.45, 2.75) is 19.1 Å². The van der Waals surface area contributed by atoms with Crippen LogP contribution in [0.4, 0.5) is 4.39 Å². The minimum Gasteiger partial charge on any atom is -0.379 e. The van der Waals surface area contributed by atoms with Gasteiger partial charge < -0.3 is 10.8 Å². The molecule has 1 atom stereocenters. The van der Waals surface area contributed by atoms with E-state index in [1.165, 1.54) is 12.1 Å². The first-order valence-corrected chi connectivity index (χ1v) is 3.86. The summed E-state index contributed by atoms with van der Waals surface area (Å²) in [5, 5.41) is 8.77. The van der Waals surface area contributed by atoms with Crippen LogP contribution in [-0.4, -0.2) is 11.3 Å². The summed E-state index contributed by atoms with van der Waals surface area (Å²) in [5.74, 6) is -0.243. The van der Waals surface area contributed by atoms with Crippen LogP contribution in [0.5, 0.6) is 0 Å². The highest BCUT2D eigenvalue weighted by atomic mass is 19.1. The van der Waals surface area contributed by atoms with E-state index >= 15 is 0 Å². The topological polar surface area (TPSA) is 46.2 Å². The van der Waals surface area contributed by atoms with Crippen molar-refractivity contribution in [3.63, 3.8) is 0 Å². The molecule has 0 heterocycles. The van der Waals surface area contributed by atoms with E-state index in [4.69, 9.17) is 10.8 Å². The van der Waals surface area contributed by atoms with Crippen molar-refractivity contribution < 1.29 is 9.50 Å². The van der Waals surface area contributed by atoms with Gasteiger partial charge in [-0.3, -0.25) is 0 Å². The molecule has 0 aliphatic heterocycles. The van der Waals surface area contributed by atoms with Crippen molar-refractivity contribution >= 4 is 0 Å². The van der Waals surface area contributed by atoms with E-state index in [9.17, 15) is 4.39 Å². The van der Waals surface area contributed by atoms with E-state index in [1.807, 2.05) is 0 Å². The van der Waals surface area contributed by atoms with Crippen molar-refractivity contribution in [3.8, 4) is 0 Å². The minimum atomic E-state index is -0.782. The van der Waals surface area contributed by atoms with Crippen LogP contribution >= 0.6 is 0 Å². The van der Waals surface area contributed by atoms with Gasteiger partial charge in [0.2, 0.25) is 0 Å². The molecule has 0 unspecified atom stereocenters. The van der Waals surface area contributed by atoms with E-state index in [1.54, 1.807) is 12.1 Å². The van der Waals surface area contributed by atoms with Gasteiger partial charge in [0.15, 0.2) is 0 Å². The highest BCUT2D eigenvalue weighted by Crippen LogP contribution is 2.05. The Labute approximate surface area is 70.8 Å². The van der Waals surface area contributed by atoms with Crippen LogP contribution in [0.25, 0.3) is 0 Å². The predicted octanol–water partition coefficient (Wildman–Crippen LogP) is 1.04. The summed E-state index contributed by atoms with van der Waals surface area (Å²) in [6.45, 7) is 0. The van der Waals surface area contributed by atoms with Crippen molar-refractivity contribution in [2.24, 2.45) is 5.73 Å². The molecule has 1 aromatic rings. The smallest absolute Gasteiger partial charge is 0.123 e. The molecule has 0 aromatic heterocycles. The maximum atomic E-state index is 12.4. The van der Waals surface area contributed by atoms with Crippen LogP contribution in [0.1, 0.15) is 12.0 Å². The Morgan fingerprint density at radius 3 is 2.42 bits per heavy atom. The Morgan fingerprint density at radius 1 is 1.33 bits per heavy atom. The van der Waals surface area contributed by atoms with Gasteiger partial charge in [0.1, 0.15) is 12.0 Å². The number of aliphatic hydroxyl groups excluding tert-OH is 1. The van der Waals surface area contributed by atoms with E-state index in [-0.39, 0.29) is 5.82 Å². The fourth-order valence-electron chi connectivity index (χ4n) is 0.966. The number of halogens is 1. The number of benzene rings is 1. The molecule has 0 amide bonds. The van der Waals surface area contributed by atoms with Gasteiger partial charge in [-0.05, 0) is 30.5 Å². The summed E-state index contributed by atoms with van der Waals surface area (Å²) in [7, 11) is 0. The number of aliphatic hydroxyl groups is 1. The normalized spacial score (nSPS) is 12.9. The van der Waals surface area contributed by atoms with Crippen LogP contribution in [0.2, 0.25) is 0 Å². The van der Waals surface area contributed by atoms with Gasteiger partial charge in [0, 0.05) is 0 Å². The summed E-state index contributed by atoms with van der Waals surface area (Å²) < 4.78 is 12.4. The van der Waals surface area contributed by atoms with Crippen molar-refractivity contribution in [2.75, 3.05) is 0 Å². The zero-order valence-electron chi connectivity index (χ0n) is 6.70. The molecular weight excluding hydrogens is 157 g/mol. The first kappa shape index (κ1) is 9.16. The van der Waals surface area contributed by atoms with Crippen LogP contribution in [-0.2, 0) is 6.42 Å². The fourth-order valence-corrected chi connectivity index (χ4v) is 0.966. The number of hydrogen-bond donors (Lipinski definition) is 2. The summed E-state index contributed by atoms with van der Waals surface area (Å²) in [4.78, 5) is 0. The highest BCUT2D eigenvalue weighted by Gasteiger charge is 1.97. The van der Waals surface area contributed by atoms with Gasteiger partial charge in [0.25, 0.3) is 0 Å². The van der Waals surface area contributed by atoms with Crippen LogP contribution in [0.3, 0.4) is 0 Å². The van der Waals surface area contributed by atoms with Crippen LogP contribution < -0.4 is 5.73 Å². The van der Waals surface area contributed by atoms with E-state index in [2.05, 4.69) is 0 Å². The van der Waals surface area contributed by atoms with Gasteiger partial charge in [-0.15, -0.1) is 0 Å². The molecule has 1 aromatic carbocycles. The van der Waals surface area contributed by atoms with Gasteiger partial charge in [-0.25, -0.2) is 4.39 Å². The molecule has 0 saturated heterocycles. The van der Waals surface area contributed by atoms with Crippen molar-refractivity contribution in [3.05, 3.63) is 35.6 Å². The number of rotatable bonds is 3. The Hall–Kier alpha value is -0.930. The third-order valence-corrected chi connectivity index (χ3v) is 1.64. The maximum Gasteiger partial charge on any atom is 0.123 e. The average molecular weight is 169 g/mol. The summed E-state index contributed by atoms with van der Waals surface area (Å²) in [6.07, 6.45) is 0.402. The Bertz CT molecular complexity index is 233. The summed E-state index contributed by atoms with van der Waals surface area (Å²) in [6, 6.07) is 6.19. The molecule has 0 aliphatic carbocycles. The second-order valence-corrected chi connectivity index (χ2v) is 2.73. The monoisotopic (exact) mass is 169 g/mol. The molecule has 0 aliphatic rings. The lowest BCUT2D eigenvalue weighted by atomic mass is 10.1. The van der Waals surface area contributed by atoms with E-state index in [0.717, 1.165) is 5.56 Å². The largest absolute Gasteiger partial charge is 0.379 e. The van der Waals surface area contributed by atoms with Crippen molar-refractivity contribution in [1.29, 1.82) is 0 Å². The Morgan fingerprint density at radius 2 is 1.92 bits per heavy atom. The lowest BCUT2D eigenvalue weighted by molar-refractivity contribution is 0.172. The summed E-state index contributed by atoms with van der Waals surface area (Å²) >= 11 is 0. The molecule has 0 fully saturated rings. The van der Waals surface area contributed by atoms with Crippen LogP contribution in [0, 0.1) is 5.82 Å². The number of hydrogen-bond acceptors (Lipinski definition) is 2. The quantitative estimate of drug-likeness (QED) is 0.664. The SMILES string of the molecule is N[C@@H](O)CCc1ccc(F)cc1. The highest BCUT2D eigenvalue weighted by molar-refractivity contribution is 5.15. The number of aryl methyl sites for hydroxylation is 1. The first-order valence-electron chi connectivity index (χ1n) is 3.86. The zero-order chi connectivity index (χ0) is 8.97. The molecule has 0 bridgehead atoms. The Balaban J connectivity index is 2.48. The lowest BCUT2D eigenvalue weighted by Crippen LogP contribution is -2.19. The number of nitrogens with two attached hydrogens (primary N) is 1. The van der Waals surface area contributed by atoms with Gasteiger partial charge >= 0.3 is 0 Å². The fraction of sp³-hybridized carbons (Fsp3) is 0.333. The second-order valence-electron chi connectivity index (χ2n) is 2.73. The van der Waals surface area contributed by atoms with Gasteiger partial charge in [0.05, 0.1) is 0 Å². The van der Waals surface area contributed by atoms with Gasteiger partial charge in [-0.2, -0.15) is 0 Å². The van der Waals surface area contributed by atoms with Crippen LogP contribution in [0.15, 0.2) is 24.3 Å². The van der Waals surface area contributed by atoms with E-state index < -0.39 is 6.23 Å². The molecule has 12 heavy (non-hydrogen) atoms. The maximum absolute atomic E-state index is 12.4. The average Bonchev–Trinajstić information content (AvgIpc) is 2.03. The Kier molecular flexibility index (Phi) is 3.19. The molecule has 2 nitrogen and oxygen atoms in total. The lowest BCUT2D eigenvalue weighted by Gasteiger charge is -2.03. The molecule has 3 heteroatoms. The molecule has 1 rings (SSSR count). The first-order chi connectivity index (χ1) is 5.68. The molecular formula is C9H12FNO. The standard InChI is InChI=1S/C9H12FNO/c10-8-4-1-7(2-5-8)3-6-9(11)12/h1-2,4-5,9,12H,3,6,11H2/t9-/m0/s1.